The molecule has 0 fully saturated rings. The van der Waals surface area contributed by atoms with E-state index in [-0.39, 0.29) is 5.91 Å². The smallest absolute Gasteiger partial charge is 0.271 e. The topological polar surface area (TPSA) is 75.6 Å². The number of hydrogen-bond acceptors (Lipinski definition) is 6. The summed E-state index contributed by atoms with van der Waals surface area (Å²) in [6, 6.07) is 39.3. The first kappa shape index (κ1) is 26.0. The van der Waals surface area contributed by atoms with Crippen molar-refractivity contribution in [3.8, 4) is 17.0 Å². The van der Waals surface area contributed by atoms with E-state index in [1.54, 1.807) is 18.3 Å². The number of ether oxygens (including phenoxy) is 1. The van der Waals surface area contributed by atoms with Crippen LogP contribution in [0.2, 0.25) is 0 Å². The minimum Gasteiger partial charge on any atom is -0.489 e. The first-order valence-electron chi connectivity index (χ1n) is 13.1. The van der Waals surface area contributed by atoms with Crippen LogP contribution in [-0.2, 0) is 6.61 Å². The van der Waals surface area contributed by atoms with Crippen molar-refractivity contribution in [1.82, 2.24) is 10.4 Å². The molecule has 0 atom stereocenters. The monoisotopic (exact) mass is 554 g/mol. The molecule has 200 valence electrons. The molecule has 0 aliphatic carbocycles. The van der Waals surface area contributed by atoms with Crippen LogP contribution in [0, 0.1) is 0 Å². The van der Waals surface area contributed by atoms with Crippen LogP contribution in [0.4, 0.5) is 10.8 Å². The second-order valence-electron chi connectivity index (χ2n) is 9.30. The number of fused-ring (bicyclic) bond motifs is 1. The molecule has 0 aliphatic heterocycles. The molecule has 6 nitrogen and oxygen atoms in total. The van der Waals surface area contributed by atoms with E-state index in [1.807, 2.05) is 90.3 Å². The zero-order valence-electron chi connectivity index (χ0n) is 22.0. The van der Waals surface area contributed by atoms with Gasteiger partial charge in [0.25, 0.3) is 5.91 Å². The Morgan fingerprint density at radius 3 is 2.51 bits per heavy atom. The lowest BCUT2D eigenvalue weighted by Crippen LogP contribution is -2.17. The van der Waals surface area contributed by atoms with Crippen molar-refractivity contribution in [1.29, 1.82) is 0 Å². The largest absolute Gasteiger partial charge is 0.489 e. The highest BCUT2D eigenvalue weighted by Gasteiger charge is 2.08. The summed E-state index contributed by atoms with van der Waals surface area (Å²) >= 11 is 1.53. The van der Waals surface area contributed by atoms with Gasteiger partial charge < -0.3 is 10.1 Å². The maximum Gasteiger partial charge on any atom is 0.271 e. The third-order valence-electron chi connectivity index (χ3n) is 6.48. The number of benzene rings is 5. The Labute approximate surface area is 242 Å². The normalized spacial score (nSPS) is 11.0. The van der Waals surface area contributed by atoms with Crippen molar-refractivity contribution >= 4 is 45.0 Å². The molecule has 0 radical (unpaired) electrons. The number of nitrogens with zero attached hydrogens (tertiary/aromatic N) is 2. The van der Waals surface area contributed by atoms with Gasteiger partial charge in [0.2, 0.25) is 0 Å². The van der Waals surface area contributed by atoms with E-state index in [0.717, 1.165) is 39.0 Å². The number of carbonyl (C=O) groups is 1. The summed E-state index contributed by atoms with van der Waals surface area (Å²) in [6.07, 6.45) is 1.60. The van der Waals surface area contributed by atoms with Crippen molar-refractivity contribution in [3.05, 3.63) is 143 Å². The van der Waals surface area contributed by atoms with Gasteiger partial charge in [0.1, 0.15) is 12.4 Å². The number of thiazole rings is 1. The maximum atomic E-state index is 12.7. The van der Waals surface area contributed by atoms with E-state index in [0.29, 0.717) is 12.2 Å². The zero-order valence-corrected chi connectivity index (χ0v) is 22.8. The van der Waals surface area contributed by atoms with Crippen molar-refractivity contribution in [2.24, 2.45) is 5.10 Å². The lowest BCUT2D eigenvalue weighted by molar-refractivity contribution is 0.0955. The van der Waals surface area contributed by atoms with Gasteiger partial charge in [0.15, 0.2) is 5.13 Å². The van der Waals surface area contributed by atoms with Gasteiger partial charge in [-0.05, 0) is 58.3 Å². The van der Waals surface area contributed by atoms with E-state index in [9.17, 15) is 4.79 Å². The fraction of sp³-hybridized carbons (Fsp3) is 0.0294. The molecule has 1 aromatic heterocycles. The third kappa shape index (κ3) is 6.49. The number of aromatic nitrogens is 1. The quantitative estimate of drug-likeness (QED) is 0.140. The number of amides is 1. The minimum absolute atomic E-state index is 0.291. The Balaban J connectivity index is 1.04. The van der Waals surface area contributed by atoms with Gasteiger partial charge >= 0.3 is 0 Å². The number of nitrogens with one attached hydrogen (secondary N) is 2. The summed E-state index contributed by atoms with van der Waals surface area (Å²) in [5.41, 5.74) is 7.82. The van der Waals surface area contributed by atoms with Crippen LogP contribution in [0.1, 0.15) is 21.5 Å². The molecule has 6 aromatic rings. The maximum absolute atomic E-state index is 12.7. The minimum atomic E-state index is -0.291. The first-order valence-corrected chi connectivity index (χ1v) is 14.0. The summed E-state index contributed by atoms with van der Waals surface area (Å²) in [5.74, 6) is 0.439. The zero-order chi connectivity index (χ0) is 27.9. The van der Waals surface area contributed by atoms with Gasteiger partial charge in [0.05, 0.1) is 11.9 Å². The molecule has 0 aliphatic rings. The van der Waals surface area contributed by atoms with Crippen LogP contribution in [0.25, 0.3) is 22.0 Å². The Morgan fingerprint density at radius 2 is 1.63 bits per heavy atom. The molecule has 1 heterocycles. The molecule has 2 N–H and O–H groups in total. The molecule has 41 heavy (non-hydrogen) atoms. The number of rotatable bonds is 9. The van der Waals surface area contributed by atoms with Crippen molar-refractivity contribution < 1.29 is 9.53 Å². The molecule has 0 bridgehead atoms. The second-order valence-corrected chi connectivity index (χ2v) is 10.2. The van der Waals surface area contributed by atoms with E-state index in [2.05, 4.69) is 45.1 Å². The highest BCUT2D eigenvalue weighted by Crippen LogP contribution is 2.27. The number of carbonyl (C=O) groups excluding carboxylic acids is 1. The summed E-state index contributed by atoms with van der Waals surface area (Å²) in [4.78, 5) is 17.3. The standard InChI is InChI=1S/C34H26N4O2S/c39-33(27-18-16-26(17-19-27)32-23-41-34(37-32)36-29-12-2-1-3-13-29)38-35-21-24-8-6-14-30(20-24)40-22-28-11-7-10-25-9-4-5-15-31(25)28/h1-21,23H,22H2,(H,36,37)(H,38,39)/b35-21-. The summed E-state index contributed by atoms with van der Waals surface area (Å²) in [7, 11) is 0. The average molecular weight is 555 g/mol. The summed E-state index contributed by atoms with van der Waals surface area (Å²) in [6.45, 7) is 0.459. The SMILES string of the molecule is O=C(N/N=C\c1cccc(OCc2cccc3ccccc23)c1)c1ccc(-c2csc(Nc3ccccc3)n2)cc1. The first-order chi connectivity index (χ1) is 20.2. The molecule has 7 heteroatoms. The molecular weight excluding hydrogens is 528 g/mol. The Hall–Kier alpha value is -5.27. The van der Waals surface area contributed by atoms with Gasteiger partial charge in [-0.1, -0.05) is 84.9 Å². The van der Waals surface area contributed by atoms with Crippen LogP contribution in [0.15, 0.2) is 132 Å². The molecule has 6 rings (SSSR count). The van der Waals surface area contributed by atoms with E-state index in [1.165, 1.54) is 22.1 Å². The lowest BCUT2D eigenvalue weighted by Gasteiger charge is -2.09. The van der Waals surface area contributed by atoms with Gasteiger partial charge in [-0.2, -0.15) is 5.10 Å². The fourth-order valence-electron chi connectivity index (χ4n) is 4.40. The molecular formula is C34H26N4O2S. The predicted octanol–water partition coefficient (Wildman–Crippen LogP) is 8.05. The highest BCUT2D eigenvalue weighted by atomic mass is 32.1. The molecule has 0 saturated carbocycles. The summed E-state index contributed by atoms with van der Waals surface area (Å²) in [5, 5.41) is 12.6. The molecule has 0 unspecified atom stereocenters. The van der Waals surface area contributed by atoms with Crippen molar-refractivity contribution in [2.75, 3.05) is 5.32 Å². The number of para-hydroxylation sites is 1. The van der Waals surface area contributed by atoms with E-state index in [4.69, 9.17) is 4.74 Å². The fourth-order valence-corrected chi connectivity index (χ4v) is 5.14. The van der Waals surface area contributed by atoms with Crippen molar-refractivity contribution in [2.45, 2.75) is 6.61 Å². The Kier molecular flexibility index (Phi) is 7.78. The Morgan fingerprint density at radius 1 is 0.854 bits per heavy atom. The van der Waals surface area contributed by atoms with Gasteiger partial charge in [0, 0.05) is 22.2 Å². The van der Waals surface area contributed by atoms with Crippen LogP contribution >= 0.6 is 11.3 Å². The van der Waals surface area contributed by atoms with Crippen LogP contribution in [0.5, 0.6) is 5.75 Å². The Bertz CT molecular complexity index is 1810. The molecule has 1 amide bonds. The number of hydrogen-bond donors (Lipinski definition) is 2. The lowest BCUT2D eigenvalue weighted by atomic mass is 10.1. The number of hydrazone groups is 1. The van der Waals surface area contributed by atoms with Crippen LogP contribution < -0.4 is 15.5 Å². The van der Waals surface area contributed by atoms with Gasteiger partial charge in [-0.15, -0.1) is 11.3 Å². The predicted molar refractivity (Wildman–Crippen MR) is 167 cm³/mol. The summed E-state index contributed by atoms with van der Waals surface area (Å²) < 4.78 is 6.06. The van der Waals surface area contributed by atoms with Crippen LogP contribution in [-0.4, -0.2) is 17.1 Å². The van der Waals surface area contributed by atoms with Gasteiger partial charge in [-0.3, -0.25) is 4.79 Å². The third-order valence-corrected chi connectivity index (χ3v) is 7.24. The molecule has 0 spiro atoms. The van der Waals surface area contributed by atoms with Crippen molar-refractivity contribution in [3.63, 3.8) is 0 Å². The van der Waals surface area contributed by atoms with E-state index >= 15 is 0 Å². The van der Waals surface area contributed by atoms with Gasteiger partial charge in [-0.25, -0.2) is 10.4 Å². The highest BCUT2D eigenvalue weighted by molar-refractivity contribution is 7.14. The molecule has 0 saturated heterocycles. The number of anilines is 2. The molecule has 5 aromatic carbocycles. The average Bonchev–Trinajstić information content (AvgIpc) is 3.49. The van der Waals surface area contributed by atoms with Crippen LogP contribution in [0.3, 0.4) is 0 Å². The van der Waals surface area contributed by atoms with E-state index < -0.39 is 0 Å². The second kappa shape index (κ2) is 12.3.